The number of carbonyl (C=O) groups excluding carboxylic acids is 1. The molecule has 1 amide bonds. The summed E-state index contributed by atoms with van der Waals surface area (Å²) in [6.07, 6.45) is 10.0. The van der Waals surface area contributed by atoms with E-state index < -0.39 is 37.3 Å². The third-order valence-electron chi connectivity index (χ3n) is 5.11. The summed E-state index contributed by atoms with van der Waals surface area (Å²) < 4.78 is 62.0. The van der Waals surface area contributed by atoms with Crippen molar-refractivity contribution >= 4 is 37.6 Å². The van der Waals surface area contributed by atoms with Gasteiger partial charge in [-0.25, -0.2) is 9.97 Å². The number of anilines is 1. The van der Waals surface area contributed by atoms with E-state index in [1.165, 1.54) is 12.1 Å². The van der Waals surface area contributed by atoms with Crippen molar-refractivity contribution in [1.29, 1.82) is 0 Å². The molecule has 0 saturated carbocycles. The minimum absolute atomic E-state index is 0.170. The van der Waals surface area contributed by atoms with E-state index in [9.17, 15) is 21.6 Å². The smallest absolute Gasteiger partial charge is 0.306 e. The van der Waals surface area contributed by atoms with Gasteiger partial charge in [-0.2, -0.15) is 16.8 Å². The molecular weight excluding hydrogens is 522 g/mol. The fraction of sp³-hybridized carbons (Fsp3) is 0.261. The average molecular weight is 548 g/mol. The van der Waals surface area contributed by atoms with Gasteiger partial charge in [-0.3, -0.25) is 4.79 Å². The predicted molar refractivity (Wildman–Crippen MR) is 136 cm³/mol. The molecule has 0 fully saturated rings. The first kappa shape index (κ1) is 26.2. The molecule has 0 aliphatic rings. The number of fused-ring (bicyclic) bond motifs is 1. The molecule has 196 valence electrons. The predicted octanol–water partition coefficient (Wildman–Crippen LogP) is 2.75. The number of hydrogen-bond donors (Lipinski definition) is 1. The molecule has 3 heterocycles. The van der Waals surface area contributed by atoms with Gasteiger partial charge in [-0.1, -0.05) is 26.8 Å². The van der Waals surface area contributed by atoms with E-state index in [0.717, 1.165) is 18.2 Å². The van der Waals surface area contributed by atoms with Crippen LogP contribution in [0.1, 0.15) is 36.7 Å². The number of aromatic nitrogens is 4. The van der Waals surface area contributed by atoms with Gasteiger partial charge in [0.05, 0.1) is 36.3 Å². The number of hydrogen-bond acceptors (Lipinski definition) is 9. The summed E-state index contributed by atoms with van der Waals surface area (Å²) in [6, 6.07) is 6.41. The summed E-state index contributed by atoms with van der Waals surface area (Å²) in [6.45, 7) is 5.32. The summed E-state index contributed by atoms with van der Waals surface area (Å²) >= 11 is 0. The van der Waals surface area contributed by atoms with Crippen molar-refractivity contribution in [1.82, 2.24) is 18.9 Å². The van der Waals surface area contributed by atoms with E-state index in [0.29, 0.717) is 11.2 Å². The van der Waals surface area contributed by atoms with E-state index in [1.807, 2.05) is 6.07 Å². The van der Waals surface area contributed by atoms with Crippen molar-refractivity contribution in [3.05, 3.63) is 66.5 Å². The van der Waals surface area contributed by atoms with Gasteiger partial charge < -0.3 is 22.7 Å². The van der Waals surface area contributed by atoms with Gasteiger partial charge in [0.2, 0.25) is 0 Å². The molecule has 0 bridgehead atoms. The lowest BCUT2D eigenvalue weighted by molar-refractivity contribution is 0.102. The van der Waals surface area contributed by atoms with Crippen LogP contribution in [0.3, 0.4) is 0 Å². The number of nitrogens with zero attached hydrogens (tertiary/aromatic N) is 4. The highest BCUT2D eigenvalue weighted by molar-refractivity contribution is 7.86. The second kappa shape index (κ2) is 9.19. The van der Waals surface area contributed by atoms with Crippen LogP contribution in [-0.2, 0) is 25.7 Å². The van der Waals surface area contributed by atoms with E-state index >= 15 is 0 Å². The number of imidazole rings is 2. The van der Waals surface area contributed by atoms with Crippen molar-refractivity contribution in [3.63, 3.8) is 0 Å². The molecule has 0 unspecified atom stereocenters. The van der Waals surface area contributed by atoms with Crippen molar-refractivity contribution in [3.8, 4) is 17.2 Å². The minimum Gasteiger partial charge on any atom is -0.378 e. The monoisotopic (exact) mass is 547 g/mol. The molecule has 1 N–H and O–H groups in total. The zero-order chi connectivity index (χ0) is 27.2. The van der Waals surface area contributed by atoms with Crippen LogP contribution in [0.25, 0.3) is 11.3 Å². The second-order valence-electron chi connectivity index (χ2n) is 9.35. The highest BCUT2D eigenvalue weighted by Gasteiger charge is 2.31. The van der Waals surface area contributed by atoms with E-state index in [4.69, 9.17) is 8.37 Å². The standard InChI is InChI=1S/C23H25N5O7S2/c1-23(2,3)17-8-7-16(20(34-36(4,30)31)21(17)35-37(5,32)33)22(29)26-18-13-28-12-15(6-9-19(28)25-18)27-11-10-24-14-27/h6-14H,1-5H3,(H,26,29). The molecular formula is C23H25N5O7S2. The molecule has 0 saturated heterocycles. The van der Waals surface area contributed by atoms with Gasteiger partial charge in [0.25, 0.3) is 5.91 Å². The van der Waals surface area contributed by atoms with Gasteiger partial charge in [0.1, 0.15) is 5.65 Å². The highest BCUT2D eigenvalue weighted by Crippen LogP contribution is 2.42. The fourth-order valence-corrected chi connectivity index (χ4v) is 4.53. The lowest BCUT2D eigenvalue weighted by Gasteiger charge is -2.24. The Hall–Kier alpha value is -3.91. The van der Waals surface area contributed by atoms with Crippen LogP contribution in [0.15, 0.2) is 55.4 Å². The van der Waals surface area contributed by atoms with Gasteiger partial charge in [0, 0.05) is 24.2 Å². The largest absolute Gasteiger partial charge is 0.378 e. The zero-order valence-electron chi connectivity index (χ0n) is 20.7. The Morgan fingerprint density at radius 3 is 2.22 bits per heavy atom. The highest BCUT2D eigenvalue weighted by atomic mass is 32.2. The van der Waals surface area contributed by atoms with Crippen molar-refractivity contribution in [2.75, 3.05) is 17.8 Å². The summed E-state index contributed by atoms with van der Waals surface area (Å²) in [5.41, 5.74) is 0.737. The Bertz CT molecular complexity index is 1700. The van der Waals surface area contributed by atoms with Crippen LogP contribution in [0.4, 0.5) is 5.82 Å². The maximum Gasteiger partial charge on any atom is 0.306 e. The first-order valence-corrected chi connectivity index (χ1v) is 14.5. The SMILES string of the molecule is CC(C)(C)c1ccc(C(=O)Nc2cn3cc(-n4ccnc4)ccc3n2)c(OS(C)(=O)=O)c1OS(C)(=O)=O. The van der Waals surface area contributed by atoms with Crippen LogP contribution in [-0.4, -0.2) is 54.2 Å². The fourth-order valence-electron chi connectivity index (χ4n) is 3.59. The summed E-state index contributed by atoms with van der Waals surface area (Å²) in [5.74, 6) is -1.53. The molecule has 1 aromatic carbocycles. The maximum atomic E-state index is 13.3. The Balaban J connectivity index is 1.77. The summed E-state index contributed by atoms with van der Waals surface area (Å²) in [7, 11) is -8.28. The number of rotatable bonds is 7. The minimum atomic E-state index is -4.18. The number of nitrogens with one attached hydrogen (secondary N) is 1. The van der Waals surface area contributed by atoms with E-state index in [-0.39, 0.29) is 17.1 Å². The molecule has 0 atom stereocenters. The van der Waals surface area contributed by atoms with Crippen LogP contribution in [0.5, 0.6) is 11.5 Å². The van der Waals surface area contributed by atoms with Gasteiger partial charge in [-0.15, -0.1) is 0 Å². The molecule has 0 radical (unpaired) electrons. The molecule has 3 aromatic heterocycles. The topological polar surface area (TPSA) is 151 Å². The van der Waals surface area contributed by atoms with E-state index in [1.54, 1.807) is 66.9 Å². The molecule has 0 aliphatic heterocycles. The van der Waals surface area contributed by atoms with Crippen LogP contribution >= 0.6 is 0 Å². The Morgan fingerprint density at radius 2 is 1.62 bits per heavy atom. The average Bonchev–Trinajstić information content (AvgIpc) is 3.40. The first-order valence-electron chi connectivity index (χ1n) is 10.9. The molecule has 4 rings (SSSR count). The Morgan fingerprint density at radius 1 is 0.946 bits per heavy atom. The molecule has 4 aromatic rings. The van der Waals surface area contributed by atoms with Crippen LogP contribution in [0, 0.1) is 0 Å². The molecule has 0 spiro atoms. The molecule has 14 heteroatoms. The van der Waals surface area contributed by atoms with Crippen molar-refractivity contribution in [2.24, 2.45) is 0 Å². The van der Waals surface area contributed by atoms with Crippen LogP contribution in [0.2, 0.25) is 0 Å². The van der Waals surface area contributed by atoms with Crippen molar-refractivity contribution in [2.45, 2.75) is 26.2 Å². The number of benzene rings is 1. The Labute approximate surface area is 214 Å². The zero-order valence-corrected chi connectivity index (χ0v) is 22.3. The quantitative estimate of drug-likeness (QED) is 0.344. The molecule has 12 nitrogen and oxygen atoms in total. The Kier molecular flexibility index (Phi) is 6.50. The van der Waals surface area contributed by atoms with Crippen molar-refractivity contribution < 1.29 is 30.0 Å². The molecule has 0 aliphatic carbocycles. The normalized spacial score (nSPS) is 12.5. The maximum absolute atomic E-state index is 13.3. The number of amides is 1. The van der Waals surface area contributed by atoms with Crippen LogP contribution < -0.4 is 13.7 Å². The first-order chi connectivity index (χ1) is 17.1. The van der Waals surface area contributed by atoms with Gasteiger partial charge in [-0.05, 0) is 23.6 Å². The van der Waals surface area contributed by atoms with E-state index in [2.05, 4.69) is 15.3 Å². The summed E-state index contributed by atoms with van der Waals surface area (Å²) in [5, 5.41) is 2.61. The number of carbonyl (C=O) groups is 1. The third kappa shape index (κ3) is 6.09. The lowest BCUT2D eigenvalue weighted by atomic mass is 9.85. The molecule has 37 heavy (non-hydrogen) atoms. The van der Waals surface area contributed by atoms with Gasteiger partial charge in [0.15, 0.2) is 17.3 Å². The summed E-state index contributed by atoms with van der Waals surface area (Å²) in [4.78, 5) is 21.7. The third-order valence-corrected chi connectivity index (χ3v) is 6.05. The van der Waals surface area contributed by atoms with Gasteiger partial charge >= 0.3 is 20.2 Å². The second-order valence-corrected chi connectivity index (χ2v) is 12.5. The lowest BCUT2D eigenvalue weighted by Crippen LogP contribution is -2.21. The number of pyridine rings is 1.